The summed E-state index contributed by atoms with van der Waals surface area (Å²) in [5.74, 6) is 0.371. The van der Waals surface area contributed by atoms with E-state index < -0.39 is 0 Å². The van der Waals surface area contributed by atoms with Gasteiger partial charge in [-0.1, -0.05) is 13.8 Å². The Morgan fingerprint density at radius 1 is 1.36 bits per heavy atom. The van der Waals surface area contributed by atoms with E-state index >= 15 is 0 Å². The maximum Gasteiger partial charge on any atom is 0.252 e. The first-order valence-electron chi connectivity index (χ1n) is 8.86. The number of fused-ring (bicyclic) bond motifs is 1. The minimum atomic E-state index is -0.0865. The minimum absolute atomic E-state index is 0.0865. The molecule has 1 saturated heterocycles. The summed E-state index contributed by atoms with van der Waals surface area (Å²) < 4.78 is 7.17. The van der Waals surface area contributed by atoms with Crippen molar-refractivity contribution in [3.8, 4) is 0 Å². The molecule has 1 aliphatic heterocycles. The third-order valence-corrected chi connectivity index (χ3v) is 4.88. The zero-order valence-corrected chi connectivity index (χ0v) is 15.5. The Labute approximate surface area is 148 Å². The highest BCUT2D eigenvalue weighted by atomic mass is 16.5. The molecule has 0 aromatic carbocycles. The lowest BCUT2D eigenvalue weighted by molar-refractivity contribution is 0.00672. The smallest absolute Gasteiger partial charge is 0.252 e. The number of aromatic nitrogens is 3. The standard InChI is InChI=1S/C18H27N5O2/c1-12(2)16(23-5-7-25-8-6-23)11-20-18(24)14-9-15-13(3)21-22(4)17(15)19-10-14/h9-10,12,16H,5-8,11H2,1-4H3,(H,20,24). The number of hydrogen-bond donors (Lipinski definition) is 1. The molecule has 136 valence electrons. The average Bonchev–Trinajstić information content (AvgIpc) is 2.89. The number of nitrogens with one attached hydrogen (secondary N) is 1. The largest absolute Gasteiger partial charge is 0.379 e. The molecule has 1 atom stereocenters. The van der Waals surface area contributed by atoms with E-state index in [0.29, 0.717) is 24.1 Å². The monoisotopic (exact) mass is 345 g/mol. The zero-order valence-electron chi connectivity index (χ0n) is 15.5. The third kappa shape index (κ3) is 3.82. The first-order chi connectivity index (χ1) is 12.0. The van der Waals surface area contributed by atoms with Crippen LogP contribution in [0, 0.1) is 12.8 Å². The molecule has 0 radical (unpaired) electrons. The normalized spacial score (nSPS) is 17.2. The lowest BCUT2D eigenvalue weighted by atomic mass is 10.0. The number of nitrogens with zero attached hydrogens (tertiary/aromatic N) is 4. The van der Waals surface area contributed by atoms with Gasteiger partial charge >= 0.3 is 0 Å². The van der Waals surface area contributed by atoms with Gasteiger partial charge in [0.05, 0.1) is 24.5 Å². The van der Waals surface area contributed by atoms with Crippen LogP contribution in [-0.4, -0.2) is 64.5 Å². The highest BCUT2D eigenvalue weighted by molar-refractivity contribution is 5.97. The van der Waals surface area contributed by atoms with Gasteiger partial charge in [-0.2, -0.15) is 5.10 Å². The molecule has 0 saturated carbocycles. The van der Waals surface area contributed by atoms with E-state index in [9.17, 15) is 4.79 Å². The molecule has 2 aromatic rings. The fourth-order valence-electron chi connectivity index (χ4n) is 3.43. The van der Waals surface area contributed by atoms with Gasteiger partial charge in [0.1, 0.15) is 0 Å². The maximum absolute atomic E-state index is 12.6. The highest BCUT2D eigenvalue weighted by Gasteiger charge is 2.24. The first kappa shape index (κ1) is 17.8. The van der Waals surface area contributed by atoms with Gasteiger partial charge in [-0.15, -0.1) is 0 Å². The fourth-order valence-corrected chi connectivity index (χ4v) is 3.43. The predicted molar refractivity (Wildman–Crippen MR) is 96.6 cm³/mol. The Balaban J connectivity index is 1.69. The number of carbonyl (C=O) groups is 1. The summed E-state index contributed by atoms with van der Waals surface area (Å²) in [5, 5.41) is 8.35. The molecule has 1 N–H and O–H groups in total. The van der Waals surface area contributed by atoms with Crippen LogP contribution in [0.2, 0.25) is 0 Å². The second-order valence-corrected chi connectivity index (χ2v) is 6.97. The Kier molecular flexibility index (Phi) is 5.34. The lowest BCUT2D eigenvalue weighted by Crippen LogP contribution is -2.51. The van der Waals surface area contributed by atoms with Gasteiger partial charge in [0.2, 0.25) is 0 Å². The maximum atomic E-state index is 12.6. The van der Waals surface area contributed by atoms with Crippen molar-refractivity contribution in [2.45, 2.75) is 26.8 Å². The number of carbonyl (C=O) groups excluding carboxylic acids is 1. The Hall–Kier alpha value is -1.99. The predicted octanol–water partition coefficient (Wildman–Crippen LogP) is 1.36. The van der Waals surface area contributed by atoms with Crippen LogP contribution in [0.3, 0.4) is 0 Å². The summed E-state index contributed by atoms with van der Waals surface area (Å²) in [6.45, 7) is 10.3. The Morgan fingerprint density at radius 3 is 2.76 bits per heavy atom. The summed E-state index contributed by atoms with van der Waals surface area (Å²) in [5.41, 5.74) is 2.25. The molecule has 1 amide bonds. The van der Waals surface area contributed by atoms with Crippen molar-refractivity contribution >= 4 is 16.9 Å². The summed E-state index contributed by atoms with van der Waals surface area (Å²) in [6.07, 6.45) is 1.62. The van der Waals surface area contributed by atoms with Crippen LogP contribution in [0.25, 0.3) is 11.0 Å². The fraction of sp³-hybridized carbons (Fsp3) is 0.611. The van der Waals surface area contributed by atoms with Gasteiger partial charge in [0.15, 0.2) is 5.65 Å². The van der Waals surface area contributed by atoms with E-state index in [1.165, 1.54) is 0 Å². The number of hydrogen-bond acceptors (Lipinski definition) is 5. The summed E-state index contributed by atoms with van der Waals surface area (Å²) in [7, 11) is 1.86. The van der Waals surface area contributed by atoms with Crippen molar-refractivity contribution < 1.29 is 9.53 Å². The molecule has 3 heterocycles. The summed E-state index contributed by atoms with van der Waals surface area (Å²) >= 11 is 0. The summed E-state index contributed by atoms with van der Waals surface area (Å²) in [4.78, 5) is 19.4. The Bertz CT molecular complexity index is 749. The van der Waals surface area contributed by atoms with Crippen molar-refractivity contribution in [2.75, 3.05) is 32.8 Å². The van der Waals surface area contributed by atoms with Gasteiger partial charge in [-0.25, -0.2) is 4.98 Å². The van der Waals surface area contributed by atoms with Gasteiger partial charge in [-0.05, 0) is 18.9 Å². The van der Waals surface area contributed by atoms with Crippen LogP contribution in [0.15, 0.2) is 12.3 Å². The average molecular weight is 345 g/mol. The Morgan fingerprint density at radius 2 is 2.08 bits per heavy atom. The molecule has 0 aliphatic carbocycles. The van der Waals surface area contributed by atoms with E-state index in [-0.39, 0.29) is 5.91 Å². The minimum Gasteiger partial charge on any atom is -0.379 e. The highest BCUT2D eigenvalue weighted by Crippen LogP contribution is 2.17. The van der Waals surface area contributed by atoms with Crippen LogP contribution in [0.4, 0.5) is 0 Å². The molecule has 0 spiro atoms. The molecule has 1 unspecified atom stereocenters. The SMILES string of the molecule is Cc1nn(C)c2ncc(C(=O)NCC(C(C)C)N3CCOCC3)cc12. The van der Waals surface area contributed by atoms with Crippen molar-refractivity contribution in [1.29, 1.82) is 0 Å². The van der Waals surface area contributed by atoms with Gasteiger partial charge in [-0.3, -0.25) is 14.4 Å². The lowest BCUT2D eigenvalue weighted by Gasteiger charge is -2.36. The molecule has 1 aliphatic rings. The van der Waals surface area contributed by atoms with Crippen molar-refractivity contribution in [1.82, 2.24) is 25.0 Å². The summed E-state index contributed by atoms with van der Waals surface area (Å²) in [6, 6.07) is 2.18. The molecular weight excluding hydrogens is 318 g/mol. The molecule has 3 rings (SSSR count). The number of ether oxygens (including phenoxy) is 1. The molecule has 2 aromatic heterocycles. The van der Waals surface area contributed by atoms with Crippen molar-refractivity contribution in [2.24, 2.45) is 13.0 Å². The second kappa shape index (κ2) is 7.49. The molecule has 25 heavy (non-hydrogen) atoms. The van der Waals surface area contributed by atoms with E-state index in [1.54, 1.807) is 10.9 Å². The number of morpholine rings is 1. The quantitative estimate of drug-likeness (QED) is 0.886. The molecule has 1 fully saturated rings. The van der Waals surface area contributed by atoms with Crippen molar-refractivity contribution in [3.63, 3.8) is 0 Å². The van der Waals surface area contributed by atoms with E-state index in [0.717, 1.165) is 43.0 Å². The van der Waals surface area contributed by atoms with Crippen LogP contribution in [0.5, 0.6) is 0 Å². The van der Waals surface area contributed by atoms with Gasteiger partial charge in [0.25, 0.3) is 5.91 Å². The van der Waals surface area contributed by atoms with E-state index in [4.69, 9.17) is 4.74 Å². The number of amides is 1. The van der Waals surface area contributed by atoms with E-state index in [2.05, 4.69) is 34.1 Å². The second-order valence-electron chi connectivity index (χ2n) is 6.97. The number of rotatable bonds is 5. The first-order valence-corrected chi connectivity index (χ1v) is 8.86. The number of aryl methyl sites for hydroxylation is 2. The van der Waals surface area contributed by atoms with Crippen LogP contribution >= 0.6 is 0 Å². The van der Waals surface area contributed by atoms with E-state index in [1.807, 2.05) is 20.0 Å². The third-order valence-electron chi connectivity index (χ3n) is 4.88. The van der Waals surface area contributed by atoms with Crippen LogP contribution in [0.1, 0.15) is 29.9 Å². The topological polar surface area (TPSA) is 72.3 Å². The van der Waals surface area contributed by atoms with Crippen molar-refractivity contribution in [3.05, 3.63) is 23.5 Å². The van der Waals surface area contributed by atoms with Crippen LogP contribution in [-0.2, 0) is 11.8 Å². The molecule has 7 nitrogen and oxygen atoms in total. The zero-order chi connectivity index (χ0) is 18.0. The van der Waals surface area contributed by atoms with Gasteiger partial charge in [0, 0.05) is 44.3 Å². The molecular formula is C18H27N5O2. The van der Waals surface area contributed by atoms with Crippen LogP contribution < -0.4 is 5.32 Å². The van der Waals surface area contributed by atoms with Gasteiger partial charge < -0.3 is 10.1 Å². The number of pyridine rings is 1. The molecule has 7 heteroatoms. The molecule has 0 bridgehead atoms.